The van der Waals surface area contributed by atoms with Gasteiger partial charge < -0.3 is 14.0 Å². The average molecular weight is 377 g/mol. The molecule has 0 spiro atoms. The Bertz CT molecular complexity index is 1040. The van der Waals surface area contributed by atoms with Crippen molar-refractivity contribution in [2.75, 3.05) is 11.9 Å². The van der Waals surface area contributed by atoms with Gasteiger partial charge in [-0.2, -0.15) is 5.26 Å². The molecule has 0 saturated carbocycles. The number of nitriles is 1. The standard InChI is InChI=1S/C22H23N3O3/c1-5-27-17-10-11-18-19(13-23)21(25(4)20(18)12-17)15-6-8-16(9-7-15)24-22(26)28-14(2)3/h6-12,14H,5H2,1-4H3,(H,24,26). The number of carbonyl (C=O) groups is 1. The summed E-state index contributed by atoms with van der Waals surface area (Å²) in [5.41, 5.74) is 3.88. The average Bonchev–Trinajstić information content (AvgIpc) is 2.93. The third-order valence-corrected chi connectivity index (χ3v) is 4.34. The molecule has 3 rings (SSSR count). The quantitative estimate of drug-likeness (QED) is 0.673. The van der Waals surface area contributed by atoms with Gasteiger partial charge in [-0.25, -0.2) is 4.79 Å². The van der Waals surface area contributed by atoms with Crippen LogP contribution in [0.1, 0.15) is 26.3 Å². The zero-order valence-electron chi connectivity index (χ0n) is 16.4. The Labute approximate surface area is 164 Å². The second kappa shape index (κ2) is 8.05. The van der Waals surface area contributed by atoms with E-state index in [1.165, 1.54) is 0 Å². The minimum absolute atomic E-state index is 0.185. The lowest BCUT2D eigenvalue weighted by Gasteiger charge is -2.10. The van der Waals surface area contributed by atoms with Gasteiger partial charge in [-0.05, 0) is 50.6 Å². The number of nitrogens with zero attached hydrogens (tertiary/aromatic N) is 2. The van der Waals surface area contributed by atoms with Crippen molar-refractivity contribution in [2.24, 2.45) is 7.05 Å². The van der Waals surface area contributed by atoms with Crippen molar-refractivity contribution >= 4 is 22.7 Å². The Morgan fingerprint density at radius 1 is 1.21 bits per heavy atom. The number of amides is 1. The lowest BCUT2D eigenvalue weighted by atomic mass is 10.1. The van der Waals surface area contributed by atoms with E-state index >= 15 is 0 Å². The summed E-state index contributed by atoms with van der Waals surface area (Å²) < 4.78 is 12.7. The van der Waals surface area contributed by atoms with Crippen molar-refractivity contribution in [1.29, 1.82) is 5.26 Å². The van der Waals surface area contributed by atoms with E-state index in [-0.39, 0.29) is 6.10 Å². The molecule has 28 heavy (non-hydrogen) atoms. The van der Waals surface area contributed by atoms with Crippen LogP contribution in [0.25, 0.3) is 22.2 Å². The first-order valence-corrected chi connectivity index (χ1v) is 9.18. The molecule has 0 fully saturated rings. The van der Waals surface area contributed by atoms with Gasteiger partial charge in [0.15, 0.2) is 0 Å². The number of anilines is 1. The molecular formula is C22H23N3O3. The first kappa shape index (κ1) is 19.3. The van der Waals surface area contributed by atoms with E-state index in [1.807, 2.05) is 48.9 Å². The van der Waals surface area contributed by atoms with Crippen LogP contribution in [0, 0.1) is 11.3 Å². The van der Waals surface area contributed by atoms with E-state index < -0.39 is 6.09 Å². The molecule has 6 heteroatoms. The van der Waals surface area contributed by atoms with Gasteiger partial charge in [0.2, 0.25) is 0 Å². The summed E-state index contributed by atoms with van der Waals surface area (Å²) in [6.45, 7) is 6.11. The van der Waals surface area contributed by atoms with Crippen LogP contribution in [0.4, 0.5) is 10.5 Å². The van der Waals surface area contributed by atoms with Crippen LogP contribution in [-0.4, -0.2) is 23.4 Å². The molecular weight excluding hydrogens is 354 g/mol. The fourth-order valence-corrected chi connectivity index (χ4v) is 3.20. The van der Waals surface area contributed by atoms with Gasteiger partial charge in [-0.15, -0.1) is 0 Å². The second-order valence-electron chi connectivity index (χ2n) is 6.66. The Hall–Kier alpha value is -3.46. The van der Waals surface area contributed by atoms with E-state index in [9.17, 15) is 10.1 Å². The smallest absolute Gasteiger partial charge is 0.411 e. The van der Waals surface area contributed by atoms with Gasteiger partial charge >= 0.3 is 6.09 Å². The molecule has 0 aliphatic rings. The number of nitrogens with one attached hydrogen (secondary N) is 1. The van der Waals surface area contributed by atoms with Crippen molar-refractivity contribution in [3.05, 3.63) is 48.0 Å². The summed E-state index contributed by atoms with van der Waals surface area (Å²) >= 11 is 0. The SMILES string of the molecule is CCOc1ccc2c(C#N)c(-c3ccc(NC(=O)OC(C)C)cc3)n(C)c2c1. The molecule has 0 unspecified atom stereocenters. The molecule has 0 atom stereocenters. The zero-order valence-corrected chi connectivity index (χ0v) is 16.4. The van der Waals surface area contributed by atoms with E-state index in [2.05, 4.69) is 11.4 Å². The van der Waals surface area contributed by atoms with Crippen LogP contribution in [0.15, 0.2) is 42.5 Å². The van der Waals surface area contributed by atoms with Crippen LogP contribution in [0.2, 0.25) is 0 Å². The van der Waals surface area contributed by atoms with E-state index in [0.717, 1.165) is 27.9 Å². The van der Waals surface area contributed by atoms with Crippen molar-refractivity contribution in [1.82, 2.24) is 4.57 Å². The third-order valence-electron chi connectivity index (χ3n) is 4.34. The minimum Gasteiger partial charge on any atom is -0.494 e. The fraction of sp³-hybridized carbons (Fsp3) is 0.273. The van der Waals surface area contributed by atoms with Gasteiger partial charge in [0, 0.05) is 24.2 Å². The normalized spacial score (nSPS) is 10.7. The molecule has 0 saturated heterocycles. The predicted molar refractivity (Wildman–Crippen MR) is 109 cm³/mol. The Kier molecular flexibility index (Phi) is 5.55. The number of aryl methyl sites for hydroxylation is 1. The molecule has 1 N–H and O–H groups in total. The summed E-state index contributed by atoms with van der Waals surface area (Å²) in [5.74, 6) is 0.773. The van der Waals surface area contributed by atoms with Crippen LogP contribution in [-0.2, 0) is 11.8 Å². The van der Waals surface area contributed by atoms with Crippen LogP contribution in [0.5, 0.6) is 5.75 Å². The maximum atomic E-state index is 11.7. The van der Waals surface area contributed by atoms with Gasteiger partial charge in [0.25, 0.3) is 0 Å². The molecule has 2 aromatic carbocycles. The minimum atomic E-state index is -0.492. The molecule has 1 amide bonds. The summed E-state index contributed by atoms with van der Waals surface area (Å²) in [4.78, 5) is 11.7. The number of carbonyl (C=O) groups excluding carboxylic acids is 1. The molecule has 1 heterocycles. The Morgan fingerprint density at radius 3 is 2.54 bits per heavy atom. The summed E-state index contributed by atoms with van der Waals surface area (Å²) in [6, 6.07) is 15.4. The topological polar surface area (TPSA) is 76.3 Å². The van der Waals surface area contributed by atoms with Crippen molar-refractivity contribution < 1.29 is 14.3 Å². The number of benzene rings is 2. The second-order valence-corrected chi connectivity index (χ2v) is 6.66. The summed E-state index contributed by atoms with van der Waals surface area (Å²) in [5, 5.41) is 13.3. The van der Waals surface area contributed by atoms with Crippen LogP contribution >= 0.6 is 0 Å². The first-order valence-electron chi connectivity index (χ1n) is 9.18. The van der Waals surface area contributed by atoms with E-state index in [4.69, 9.17) is 9.47 Å². The molecule has 0 radical (unpaired) electrons. The largest absolute Gasteiger partial charge is 0.494 e. The number of hydrogen-bond donors (Lipinski definition) is 1. The van der Waals surface area contributed by atoms with Crippen molar-refractivity contribution in [3.8, 4) is 23.1 Å². The monoisotopic (exact) mass is 377 g/mol. The highest BCUT2D eigenvalue weighted by molar-refractivity contribution is 5.95. The zero-order chi connectivity index (χ0) is 20.3. The van der Waals surface area contributed by atoms with E-state index in [1.54, 1.807) is 26.0 Å². The number of ether oxygens (including phenoxy) is 2. The van der Waals surface area contributed by atoms with Gasteiger partial charge in [0.1, 0.15) is 11.8 Å². The molecule has 144 valence electrons. The van der Waals surface area contributed by atoms with Gasteiger partial charge in [-0.3, -0.25) is 5.32 Å². The molecule has 6 nitrogen and oxygen atoms in total. The predicted octanol–water partition coefficient (Wildman–Crippen LogP) is 5.07. The van der Waals surface area contributed by atoms with E-state index in [0.29, 0.717) is 17.9 Å². The molecule has 3 aromatic rings. The highest BCUT2D eigenvalue weighted by Crippen LogP contribution is 2.34. The Morgan fingerprint density at radius 2 is 1.93 bits per heavy atom. The molecule has 0 aliphatic heterocycles. The number of hydrogen-bond acceptors (Lipinski definition) is 4. The summed E-state index contributed by atoms with van der Waals surface area (Å²) in [6.07, 6.45) is -0.677. The van der Waals surface area contributed by atoms with Gasteiger partial charge in [0.05, 0.1) is 29.5 Å². The molecule has 0 bridgehead atoms. The lowest BCUT2D eigenvalue weighted by molar-refractivity contribution is 0.130. The fourth-order valence-electron chi connectivity index (χ4n) is 3.20. The highest BCUT2D eigenvalue weighted by atomic mass is 16.6. The van der Waals surface area contributed by atoms with Crippen LogP contribution < -0.4 is 10.1 Å². The first-order chi connectivity index (χ1) is 13.4. The Balaban J connectivity index is 1.98. The molecule has 0 aliphatic carbocycles. The summed E-state index contributed by atoms with van der Waals surface area (Å²) in [7, 11) is 1.93. The maximum Gasteiger partial charge on any atom is 0.411 e. The number of fused-ring (bicyclic) bond motifs is 1. The molecule has 1 aromatic heterocycles. The van der Waals surface area contributed by atoms with Crippen molar-refractivity contribution in [3.63, 3.8) is 0 Å². The maximum absolute atomic E-state index is 11.7. The number of aromatic nitrogens is 1. The third kappa shape index (κ3) is 3.79. The lowest BCUT2D eigenvalue weighted by Crippen LogP contribution is -2.17. The van der Waals surface area contributed by atoms with Crippen LogP contribution in [0.3, 0.4) is 0 Å². The number of rotatable bonds is 5. The highest BCUT2D eigenvalue weighted by Gasteiger charge is 2.17. The van der Waals surface area contributed by atoms with Crippen molar-refractivity contribution in [2.45, 2.75) is 26.9 Å². The van der Waals surface area contributed by atoms with Gasteiger partial charge in [-0.1, -0.05) is 12.1 Å².